The lowest BCUT2D eigenvalue weighted by molar-refractivity contribution is -0.137. The average molecular weight is 478 g/mol. The number of thiazole rings is 1. The molecule has 158 valence electrons. The van der Waals surface area contributed by atoms with Crippen molar-refractivity contribution >= 4 is 60.9 Å². The van der Waals surface area contributed by atoms with Crippen molar-refractivity contribution < 1.29 is 31.2 Å². The Morgan fingerprint density at radius 2 is 1.87 bits per heavy atom. The number of fused-ring (bicyclic) bond motifs is 1. The van der Waals surface area contributed by atoms with Gasteiger partial charge in [0.1, 0.15) is 10.7 Å². The van der Waals surface area contributed by atoms with Crippen LogP contribution in [0, 0.1) is 0 Å². The first-order valence-electron chi connectivity index (χ1n) is 8.03. The molecule has 0 atom stereocenters. The molecular formula is C17H11ClF3N3O4S2. The molecule has 30 heavy (non-hydrogen) atoms. The Labute approximate surface area is 177 Å². The third-order valence-corrected chi connectivity index (χ3v) is 5.64. The fraction of sp³-hybridized carbons (Fsp3) is 0.118. The van der Waals surface area contributed by atoms with Crippen molar-refractivity contribution in [3.63, 3.8) is 0 Å². The first-order chi connectivity index (χ1) is 14.0. The molecule has 0 unspecified atom stereocenters. The standard InChI is InChI=1S/C17H11ClF3N3O4S2/c18-11-3-2-9(17(19,20)21)6-10(11)14(25)23-15(26)24-16-22-12-4-1-8(7-30(27)28)5-13(12)29-16/h1-6,30H,7H2,(H2,22,23,24,25,26). The van der Waals surface area contributed by atoms with Gasteiger partial charge in [-0.3, -0.25) is 15.4 Å². The molecule has 1 heterocycles. The molecule has 1 aromatic heterocycles. The minimum Gasteiger partial charge on any atom is -0.283 e. The Bertz CT molecular complexity index is 1220. The number of amides is 3. The molecular weight excluding hydrogens is 467 g/mol. The number of benzene rings is 2. The highest BCUT2D eigenvalue weighted by Crippen LogP contribution is 2.32. The van der Waals surface area contributed by atoms with Gasteiger partial charge in [-0.05, 0) is 35.9 Å². The third kappa shape index (κ3) is 5.26. The summed E-state index contributed by atoms with van der Waals surface area (Å²) in [6.07, 6.45) is -4.68. The van der Waals surface area contributed by atoms with E-state index >= 15 is 0 Å². The number of carbonyl (C=O) groups excluding carboxylic acids is 2. The number of aromatic nitrogens is 1. The lowest BCUT2D eigenvalue weighted by atomic mass is 10.1. The van der Waals surface area contributed by atoms with E-state index in [1.165, 1.54) is 0 Å². The second-order valence-corrected chi connectivity index (χ2v) is 8.33. The van der Waals surface area contributed by atoms with Crippen LogP contribution in [0.25, 0.3) is 10.2 Å². The molecule has 3 rings (SSSR count). The number of nitrogens with one attached hydrogen (secondary N) is 2. The predicted molar refractivity (Wildman–Crippen MR) is 107 cm³/mol. The summed E-state index contributed by atoms with van der Waals surface area (Å²) >= 11 is 6.81. The molecule has 7 nitrogen and oxygen atoms in total. The minimum absolute atomic E-state index is 0.106. The van der Waals surface area contributed by atoms with Crippen LogP contribution in [0.5, 0.6) is 0 Å². The van der Waals surface area contributed by atoms with Crippen molar-refractivity contribution in [2.45, 2.75) is 11.9 Å². The first-order valence-corrected chi connectivity index (χ1v) is 10.6. The number of thiol groups is 1. The second kappa shape index (κ2) is 8.58. The van der Waals surface area contributed by atoms with E-state index in [1.54, 1.807) is 18.2 Å². The van der Waals surface area contributed by atoms with E-state index < -0.39 is 39.9 Å². The zero-order chi connectivity index (χ0) is 22.1. The fourth-order valence-electron chi connectivity index (χ4n) is 2.44. The Kier molecular flexibility index (Phi) is 6.29. The smallest absolute Gasteiger partial charge is 0.283 e. The van der Waals surface area contributed by atoms with Gasteiger partial charge in [-0.2, -0.15) is 13.2 Å². The molecule has 0 saturated heterocycles. The summed E-state index contributed by atoms with van der Waals surface area (Å²) in [5.74, 6) is -1.26. The number of anilines is 1. The topological polar surface area (TPSA) is 105 Å². The Morgan fingerprint density at radius 1 is 1.13 bits per heavy atom. The van der Waals surface area contributed by atoms with Crippen LogP contribution in [-0.2, 0) is 22.6 Å². The molecule has 0 aliphatic rings. The van der Waals surface area contributed by atoms with E-state index in [4.69, 9.17) is 11.6 Å². The van der Waals surface area contributed by atoms with Crippen molar-refractivity contribution in [3.8, 4) is 0 Å². The lowest BCUT2D eigenvalue weighted by Crippen LogP contribution is -2.34. The lowest BCUT2D eigenvalue weighted by Gasteiger charge is -2.10. The fourth-order valence-corrected chi connectivity index (χ4v) is 4.07. The van der Waals surface area contributed by atoms with Gasteiger partial charge in [-0.1, -0.05) is 29.0 Å². The van der Waals surface area contributed by atoms with Crippen LogP contribution in [0.15, 0.2) is 36.4 Å². The molecule has 0 radical (unpaired) electrons. The van der Waals surface area contributed by atoms with Crippen LogP contribution < -0.4 is 10.6 Å². The summed E-state index contributed by atoms with van der Waals surface area (Å²) in [5.41, 5.74) is -0.554. The van der Waals surface area contributed by atoms with Gasteiger partial charge in [0.2, 0.25) is 0 Å². The van der Waals surface area contributed by atoms with E-state index in [9.17, 15) is 31.2 Å². The summed E-state index contributed by atoms with van der Waals surface area (Å²) in [7, 11) is -2.60. The van der Waals surface area contributed by atoms with E-state index in [0.29, 0.717) is 21.8 Å². The molecule has 2 aromatic carbocycles. The molecule has 0 saturated carbocycles. The number of alkyl halides is 3. The summed E-state index contributed by atoms with van der Waals surface area (Å²) in [6.45, 7) is 0. The van der Waals surface area contributed by atoms with Crippen molar-refractivity contribution in [1.29, 1.82) is 0 Å². The van der Waals surface area contributed by atoms with Crippen LogP contribution >= 0.6 is 22.9 Å². The van der Waals surface area contributed by atoms with Crippen LogP contribution in [0.4, 0.5) is 23.1 Å². The Balaban J connectivity index is 1.73. The zero-order valence-electron chi connectivity index (χ0n) is 14.6. The summed E-state index contributed by atoms with van der Waals surface area (Å²) in [4.78, 5) is 28.3. The molecule has 0 aliphatic heterocycles. The number of rotatable bonds is 4. The van der Waals surface area contributed by atoms with Gasteiger partial charge in [0.05, 0.1) is 32.1 Å². The molecule has 3 aromatic rings. The predicted octanol–water partition coefficient (Wildman–Crippen LogP) is 4.04. The quantitative estimate of drug-likeness (QED) is 0.492. The number of urea groups is 1. The highest BCUT2D eigenvalue weighted by molar-refractivity contribution is 7.71. The van der Waals surface area contributed by atoms with Crippen LogP contribution in [0.1, 0.15) is 21.5 Å². The van der Waals surface area contributed by atoms with Crippen molar-refractivity contribution in [1.82, 2.24) is 10.3 Å². The van der Waals surface area contributed by atoms with Gasteiger partial charge in [0.15, 0.2) is 5.13 Å². The molecule has 13 heteroatoms. The highest BCUT2D eigenvalue weighted by atomic mass is 35.5. The largest absolute Gasteiger partial charge is 0.416 e. The molecule has 0 aliphatic carbocycles. The number of hydrogen-bond acceptors (Lipinski definition) is 6. The van der Waals surface area contributed by atoms with E-state index in [2.05, 4.69) is 10.3 Å². The number of nitrogens with zero attached hydrogens (tertiary/aromatic N) is 1. The van der Waals surface area contributed by atoms with E-state index in [-0.39, 0.29) is 15.9 Å². The molecule has 0 bridgehead atoms. The SMILES string of the molecule is O=C(NC(=O)c1cc(C(F)(F)F)ccc1Cl)Nc1nc2ccc(C[SH](=O)=O)cc2s1. The monoisotopic (exact) mass is 477 g/mol. The van der Waals surface area contributed by atoms with Gasteiger partial charge >= 0.3 is 12.2 Å². The number of carbonyl (C=O) groups is 2. The number of hydrogen-bond donors (Lipinski definition) is 3. The average Bonchev–Trinajstić information content (AvgIpc) is 3.01. The van der Waals surface area contributed by atoms with Gasteiger partial charge in [0, 0.05) is 0 Å². The van der Waals surface area contributed by atoms with Gasteiger partial charge in [-0.25, -0.2) is 18.2 Å². The van der Waals surface area contributed by atoms with Crippen molar-refractivity contribution in [2.75, 3.05) is 5.32 Å². The van der Waals surface area contributed by atoms with Crippen molar-refractivity contribution in [2.24, 2.45) is 0 Å². The van der Waals surface area contributed by atoms with Gasteiger partial charge in [-0.15, -0.1) is 0 Å². The number of imide groups is 1. The maximum absolute atomic E-state index is 12.8. The van der Waals surface area contributed by atoms with Gasteiger partial charge < -0.3 is 0 Å². The highest BCUT2D eigenvalue weighted by Gasteiger charge is 2.31. The maximum atomic E-state index is 12.8. The Morgan fingerprint density at radius 3 is 2.53 bits per heavy atom. The molecule has 2 N–H and O–H groups in total. The minimum atomic E-state index is -4.68. The second-order valence-electron chi connectivity index (χ2n) is 5.91. The molecule has 0 spiro atoms. The van der Waals surface area contributed by atoms with E-state index in [0.717, 1.165) is 23.5 Å². The summed E-state index contributed by atoms with van der Waals surface area (Å²) < 4.78 is 60.7. The Hall–Kier alpha value is -2.70. The first kappa shape index (κ1) is 22.0. The summed E-state index contributed by atoms with van der Waals surface area (Å²) in [6, 6.07) is 5.93. The number of halogens is 4. The normalized spacial score (nSPS) is 11.6. The van der Waals surface area contributed by atoms with E-state index in [1.807, 2.05) is 5.32 Å². The zero-order valence-corrected chi connectivity index (χ0v) is 17.1. The van der Waals surface area contributed by atoms with Gasteiger partial charge in [0.25, 0.3) is 5.91 Å². The van der Waals surface area contributed by atoms with Crippen LogP contribution in [0.3, 0.4) is 0 Å². The molecule has 0 fully saturated rings. The van der Waals surface area contributed by atoms with Crippen LogP contribution in [0.2, 0.25) is 5.02 Å². The van der Waals surface area contributed by atoms with Crippen LogP contribution in [-0.4, -0.2) is 25.3 Å². The molecule has 3 amide bonds. The maximum Gasteiger partial charge on any atom is 0.416 e. The third-order valence-electron chi connectivity index (χ3n) is 3.75. The van der Waals surface area contributed by atoms with Crippen molar-refractivity contribution in [3.05, 3.63) is 58.1 Å². The summed E-state index contributed by atoms with van der Waals surface area (Å²) in [5, 5.41) is 4.05.